The van der Waals surface area contributed by atoms with Crippen molar-refractivity contribution in [1.82, 2.24) is 0 Å². The Morgan fingerprint density at radius 1 is 1.55 bits per heavy atom. The SMILES string of the molecule is COc1c(Br)cc2c(c1C(N)CCC(=O)O)OCCO2. The molecule has 6 nitrogen and oxygen atoms in total. The second kappa shape index (κ2) is 6.32. The van der Waals surface area contributed by atoms with Gasteiger partial charge in [0.05, 0.1) is 17.1 Å². The van der Waals surface area contributed by atoms with Gasteiger partial charge in [-0.25, -0.2) is 0 Å². The van der Waals surface area contributed by atoms with Crippen LogP contribution in [0.3, 0.4) is 0 Å². The summed E-state index contributed by atoms with van der Waals surface area (Å²) in [6.45, 7) is 0.895. The lowest BCUT2D eigenvalue weighted by molar-refractivity contribution is -0.137. The first-order valence-electron chi connectivity index (χ1n) is 6.18. The molecule has 0 aliphatic carbocycles. The molecule has 0 radical (unpaired) electrons. The van der Waals surface area contributed by atoms with Gasteiger partial charge in [0.2, 0.25) is 0 Å². The van der Waals surface area contributed by atoms with E-state index in [1.807, 2.05) is 0 Å². The topological polar surface area (TPSA) is 91.0 Å². The first-order chi connectivity index (χ1) is 9.54. The zero-order chi connectivity index (χ0) is 14.7. The molecule has 110 valence electrons. The number of carboxylic acid groups (broad SMARTS) is 1. The predicted molar refractivity (Wildman–Crippen MR) is 75.5 cm³/mol. The third-order valence-corrected chi connectivity index (χ3v) is 3.61. The van der Waals surface area contributed by atoms with Gasteiger partial charge in [0, 0.05) is 18.5 Å². The maximum Gasteiger partial charge on any atom is 0.303 e. The van der Waals surface area contributed by atoms with Crippen molar-refractivity contribution in [3.8, 4) is 17.2 Å². The number of nitrogens with two attached hydrogens (primary N) is 1. The molecular weight excluding hydrogens is 330 g/mol. The molecule has 0 saturated carbocycles. The van der Waals surface area contributed by atoms with Crippen molar-refractivity contribution in [2.45, 2.75) is 18.9 Å². The molecular formula is C13H16BrNO5. The van der Waals surface area contributed by atoms with E-state index in [0.29, 0.717) is 40.5 Å². The summed E-state index contributed by atoms with van der Waals surface area (Å²) < 4.78 is 17.2. The van der Waals surface area contributed by atoms with E-state index >= 15 is 0 Å². The van der Waals surface area contributed by atoms with Gasteiger partial charge < -0.3 is 25.1 Å². The van der Waals surface area contributed by atoms with Gasteiger partial charge in [0.1, 0.15) is 19.0 Å². The predicted octanol–water partition coefficient (Wildman–Crippen LogP) is 2.09. The third kappa shape index (κ3) is 2.99. The lowest BCUT2D eigenvalue weighted by Crippen LogP contribution is -2.21. The van der Waals surface area contributed by atoms with Gasteiger partial charge in [-0.15, -0.1) is 0 Å². The molecule has 0 fully saturated rings. The lowest BCUT2D eigenvalue weighted by atomic mass is 9.99. The van der Waals surface area contributed by atoms with E-state index in [-0.39, 0.29) is 12.8 Å². The maximum atomic E-state index is 10.7. The highest BCUT2D eigenvalue weighted by atomic mass is 79.9. The molecule has 0 spiro atoms. The number of methoxy groups -OCH3 is 1. The summed E-state index contributed by atoms with van der Waals surface area (Å²) in [5, 5.41) is 8.78. The third-order valence-electron chi connectivity index (χ3n) is 3.02. The van der Waals surface area contributed by atoms with E-state index in [0.717, 1.165) is 0 Å². The largest absolute Gasteiger partial charge is 0.495 e. The number of carbonyl (C=O) groups is 1. The van der Waals surface area contributed by atoms with Gasteiger partial charge in [0.15, 0.2) is 11.5 Å². The summed E-state index contributed by atoms with van der Waals surface area (Å²) in [5.74, 6) is 0.784. The first kappa shape index (κ1) is 14.9. The average Bonchev–Trinajstić information content (AvgIpc) is 2.43. The van der Waals surface area contributed by atoms with Crippen molar-refractivity contribution in [3.63, 3.8) is 0 Å². The molecule has 1 aromatic carbocycles. The summed E-state index contributed by atoms with van der Waals surface area (Å²) in [6.07, 6.45) is 0.268. The second-order valence-corrected chi connectivity index (χ2v) is 5.22. The van der Waals surface area contributed by atoms with Crippen LogP contribution in [0.2, 0.25) is 0 Å². The fourth-order valence-corrected chi connectivity index (χ4v) is 2.71. The zero-order valence-corrected chi connectivity index (χ0v) is 12.6. The fraction of sp³-hybridized carbons (Fsp3) is 0.462. The Hall–Kier alpha value is -1.47. The molecule has 1 atom stereocenters. The van der Waals surface area contributed by atoms with E-state index in [9.17, 15) is 4.79 Å². The normalized spacial score (nSPS) is 14.8. The molecule has 0 bridgehead atoms. The van der Waals surface area contributed by atoms with E-state index in [1.54, 1.807) is 6.07 Å². The van der Waals surface area contributed by atoms with Crippen LogP contribution in [-0.2, 0) is 4.79 Å². The van der Waals surface area contributed by atoms with Crippen LogP contribution in [0.25, 0.3) is 0 Å². The number of ether oxygens (including phenoxy) is 3. The highest BCUT2D eigenvalue weighted by Gasteiger charge is 2.27. The number of hydrogen-bond acceptors (Lipinski definition) is 5. The van der Waals surface area contributed by atoms with Gasteiger partial charge in [-0.05, 0) is 22.4 Å². The first-order valence-corrected chi connectivity index (χ1v) is 6.97. The smallest absolute Gasteiger partial charge is 0.303 e. The molecule has 0 saturated heterocycles. The molecule has 20 heavy (non-hydrogen) atoms. The molecule has 1 aliphatic heterocycles. The monoisotopic (exact) mass is 345 g/mol. The molecule has 0 amide bonds. The molecule has 1 aliphatic rings. The number of rotatable bonds is 5. The number of carboxylic acids is 1. The van der Waals surface area contributed by atoms with Crippen molar-refractivity contribution in [3.05, 3.63) is 16.1 Å². The molecule has 3 N–H and O–H groups in total. The van der Waals surface area contributed by atoms with E-state index in [2.05, 4.69) is 15.9 Å². The van der Waals surface area contributed by atoms with Crippen LogP contribution in [0.4, 0.5) is 0 Å². The van der Waals surface area contributed by atoms with Crippen LogP contribution in [0.1, 0.15) is 24.4 Å². The minimum atomic E-state index is -0.888. The molecule has 1 unspecified atom stereocenters. The van der Waals surface area contributed by atoms with Crippen molar-refractivity contribution < 1.29 is 24.1 Å². The Morgan fingerprint density at radius 3 is 2.90 bits per heavy atom. The zero-order valence-electron chi connectivity index (χ0n) is 11.0. The van der Waals surface area contributed by atoms with Crippen LogP contribution in [0.15, 0.2) is 10.5 Å². The molecule has 1 aromatic rings. The van der Waals surface area contributed by atoms with Gasteiger partial charge in [-0.3, -0.25) is 4.79 Å². The van der Waals surface area contributed by atoms with Crippen molar-refractivity contribution in [2.75, 3.05) is 20.3 Å². The van der Waals surface area contributed by atoms with Crippen LogP contribution < -0.4 is 19.9 Å². The Bertz CT molecular complexity index is 520. The molecule has 0 aromatic heterocycles. The summed E-state index contributed by atoms with van der Waals surface area (Å²) >= 11 is 3.40. The molecule has 1 heterocycles. The van der Waals surface area contributed by atoms with Crippen LogP contribution >= 0.6 is 15.9 Å². The Morgan fingerprint density at radius 2 is 2.25 bits per heavy atom. The molecule has 2 rings (SSSR count). The van der Waals surface area contributed by atoms with E-state index in [4.69, 9.17) is 25.1 Å². The summed E-state index contributed by atoms with van der Waals surface area (Å²) in [4.78, 5) is 10.7. The number of hydrogen-bond donors (Lipinski definition) is 2. The summed E-state index contributed by atoms with van der Waals surface area (Å²) in [7, 11) is 1.53. The standard InChI is InChI=1S/C13H16BrNO5/c1-18-12-7(14)6-9-13(20-5-4-19-9)11(12)8(15)2-3-10(16)17/h6,8H,2-5,15H2,1H3,(H,16,17). The van der Waals surface area contributed by atoms with E-state index < -0.39 is 12.0 Å². The Labute approximate surface area is 124 Å². The molecule has 7 heteroatoms. The minimum absolute atomic E-state index is 0.0214. The van der Waals surface area contributed by atoms with Gasteiger partial charge in [-0.2, -0.15) is 0 Å². The highest BCUT2D eigenvalue weighted by molar-refractivity contribution is 9.10. The average molecular weight is 346 g/mol. The van der Waals surface area contributed by atoms with Crippen LogP contribution in [0.5, 0.6) is 17.2 Å². The Kier molecular flexibility index (Phi) is 4.72. The maximum absolute atomic E-state index is 10.7. The van der Waals surface area contributed by atoms with Crippen molar-refractivity contribution >= 4 is 21.9 Å². The Balaban J connectivity index is 2.42. The van der Waals surface area contributed by atoms with Gasteiger partial charge in [-0.1, -0.05) is 0 Å². The van der Waals surface area contributed by atoms with Crippen LogP contribution in [-0.4, -0.2) is 31.4 Å². The van der Waals surface area contributed by atoms with Crippen LogP contribution in [0, 0.1) is 0 Å². The minimum Gasteiger partial charge on any atom is -0.495 e. The number of aliphatic carboxylic acids is 1. The second-order valence-electron chi connectivity index (χ2n) is 4.37. The number of benzene rings is 1. The lowest BCUT2D eigenvalue weighted by Gasteiger charge is -2.26. The summed E-state index contributed by atoms with van der Waals surface area (Å²) in [6, 6.07) is 1.26. The van der Waals surface area contributed by atoms with Crippen molar-refractivity contribution in [1.29, 1.82) is 0 Å². The quantitative estimate of drug-likeness (QED) is 0.848. The summed E-state index contributed by atoms with van der Waals surface area (Å²) in [5.41, 5.74) is 6.75. The number of fused-ring (bicyclic) bond motifs is 1. The van der Waals surface area contributed by atoms with Crippen molar-refractivity contribution in [2.24, 2.45) is 5.73 Å². The number of halogens is 1. The van der Waals surface area contributed by atoms with E-state index in [1.165, 1.54) is 7.11 Å². The fourth-order valence-electron chi connectivity index (χ4n) is 2.13. The highest BCUT2D eigenvalue weighted by Crippen LogP contribution is 2.47. The van der Waals surface area contributed by atoms with Gasteiger partial charge >= 0.3 is 5.97 Å². The van der Waals surface area contributed by atoms with Gasteiger partial charge in [0.25, 0.3) is 0 Å².